The molecule has 2 atom stereocenters. The van der Waals surface area contributed by atoms with Gasteiger partial charge in [-0.3, -0.25) is 0 Å². The van der Waals surface area contributed by atoms with Gasteiger partial charge in [0.25, 0.3) is 0 Å². The lowest BCUT2D eigenvalue weighted by Crippen LogP contribution is -2.62. The zero-order valence-electron chi connectivity index (χ0n) is 27.5. The Hall–Kier alpha value is -5.64. The molecule has 2 aliphatic carbocycles. The number of rotatable bonds is 10. The summed E-state index contributed by atoms with van der Waals surface area (Å²) in [6.07, 6.45) is -2.43. The first-order chi connectivity index (χ1) is 23.6. The smallest absolute Gasteiger partial charge is 0.429 e. The second-order valence-corrected chi connectivity index (χ2v) is 12.8. The molecular formula is C39H38N2O8. The standard InChI is InChI=1S/C39H38N2O8/c1-23(2)20-35(37(44)45)41(39(47)49-22-34-31-18-10-6-14-27(31)28-15-7-11-19-32(28)34)40(24(3)36(42)43)38(46)48-21-33-29-16-8-4-12-25(29)26-13-5-9-17-30(26)33/h4-19,23-24,33-35H,20-22H2,1-3H3,(H,42,43)(H,44,45)/t24-,35-/m1/s1. The first-order valence-electron chi connectivity index (χ1n) is 16.3. The van der Waals surface area contributed by atoms with Crippen molar-refractivity contribution in [2.45, 2.75) is 51.1 Å². The molecule has 0 aliphatic heterocycles. The number of fused-ring (bicyclic) bond motifs is 6. The number of nitrogens with zero attached hydrogens (tertiary/aromatic N) is 2. The van der Waals surface area contributed by atoms with E-state index < -0.39 is 36.2 Å². The summed E-state index contributed by atoms with van der Waals surface area (Å²) in [7, 11) is 0. The van der Waals surface area contributed by atoms with E-state index in [1.807, 2.05) is 97.1 Å². The molecule has 0 radical (unpaired) electrons. The summed E-state index contributed by atoms with van der Waals surface area (Å²) in [5.41, 5.74) is 7.74. The van der Waals surface area contributed by atoms with Crippen LogP contribution in [0.1, 0.15) is 61.3 Å². The third-order valence-corrected chi connectivity index (χ3v) is 9.28. The van der Waals surface area contributed by atoms with Crippen molar-refractivity contribution in [3.63, 3.8) is 0 Å². The Morgan fingerprint density at radius 2 is 0.918 bits per heavy atom. The fraction of sp³-hybridized carbons (Fsp3) is 0.282. The van der Waals surface area contributed by atoms with Crippen LogP contribution in [0.5, 0.6) is 0 Å². The van der Waals surface area contributed by atoms with Gasteiger partial charge in [0.1, 0.15) is 13.2 Å². The van der Waals surface area contributed by atoms with Gasteiger partial charge in [-0.15, -0.1) is 0 Å². The molecule has 4 aromatic carbocycles. The van der Waals surface area contributed by atoms with E-state index in [9.17, 15) is 29.4 Å². The van der Waals surface area contributed by atoms with E-state index in [0.29, 0.717) is 10.0 Å². The number of ether oxygens (including phenoxy) is 2. The van der Waals surface area contributed by atoms with Gasteiger partial charge < -0.3 is 19.7 Å². The van der Waals surface area contributed by atoms with E-state index in [1.54, 1.807) is 13.8 Å². The molecule has 2 N–H and O–H groups in total. The number of hydrogen-bond donors (Lipinski definition) is 2. The van der Waals surface area contributed by atoms with Crippen molar-refractivity contribution in [2.24, 2.45) is 5.92 Å². The van der Waals surface area contributed by atoms with Gasteiger partial charge in [0, 0.05) is 11.8 Å². The topological polar surface area (TPSA) is 134 Å². The van der Waals surface area contributed by atoms with Crippen LogP contribution in [0.4, 0.5) is 9.59 Å². The summed E-state index contributed by atoms with van der Waals surface area (Å²) >= 11 is 0. The molecule has 0 saturated heterocycles. The third kappa shape index (κ3) is 6.34. The normalized spacial score (nSPS) is 14.2. The number of hydrazine groups is 1. The van der Waals surface area contributed by atoms with E-state index in [1.165, 1.54) is 6.92 Å². The number of carboxylic acid groups (broad SMARTS) is 2. The van der Waals surface area contributed by atoms with Crippen LogP contribution in [-0.4, -0.2) is 69.7 Å². The third-order valence-electron chi connectivity index (χ3n) is 9.28. The molecule has 0 unspecified atom stereocenters. The highest BCUT2D eigenvalue weighted by Crippen LogP contribution is 2.46. The quantitative estimate of drug-likeness (QED) is 0.168. The van der Waals surface area contributed by atoms with Crippen molar-refractivity contribution >= 4 is 24.1 Å². The number of carboxylic acids is 2. The highest BCUT2D eigenvalue weighted by molar-refractivity contribution is 5.86. The maximum atomic E-state index is 14.1. The lowest BCUT2D eigenvalue weighted by atomic mass is 9.98. The maximum Gasteiger partial charge on any atom is 0.429 e. The van der Waals surface area contributed by atoms with Crippen molar-refractivity contribution in [2.75, 3.05) is 13.2 Å². The van der Waals surface area contributed by atoms with Crippen LogP contribution in [0.15, 0.2) is 97.1 Å². The minimum atomic E-state index is -1.68. The minimum absolute atomic E-state index is 0.0843. The fourth-order valence-electron chi connectivity index (χ4n) is 6.97. The minimum Gasteiger partial charge on any atom is -0.480 e. The molecule has 0 saturated carbocycles. The van der Waals surface area contributed by atoms with E-state index in [4.69, 9.17) is 9.47 Å². The van der Waals surface area contributed by atoms with Gasteiger partial charge in [0.05, 0.1) is 0 Å². The van der Waals surface area contributed by atoms with Crippen LogP contribution in [0, 0.1) is 5.92 Å². The van der Waals surface area contributed by atoms with Crippen molar-refractivity contribution in [1.29, 1.82) is 0 Å². The second-order valence-electron chi connectivity index (χ2n) is 12.8. The highest BCUT2D eigenvalue weighted by atomic mass is 16.6. The molecule has 2 aliphatic rings. The lowest BCUT2D eigenvalue weighted by molar-refractivity contribution is -0.160. The summed E-state index contributed by atoms with van der Waals surface area (Å²) in [5.74, 6) is -3.83. The zero-order valence-corrected chi connectivity index (χ0v) is 27.5. The van der Waals surface area contributed by atoms with Crippen molar-refractivity contribution < 1.29 is 38.9 Å². The number of carbonyl (C=O) groups excluding carboxylic acids is 2. The molecule has 0 bridgehead atoms. The van der Waals surface area contributed by atoms with Crippen LogP contribution >= 0.6 is 0 Å². The predicted octanol–water partition coefficient (Wildman–Crippen LogP) is 7.38. The molecule has 49 heavy (non-hydrogen) atoms. The van der Waals surface area contributed by atoms with Crippen LogP contribution in [0.25, 0.3) is 22.3 Å². The number of benzene rings is 4. The summed E-state index contributed by atoms with van der Waals surface area (Å²) in [6.45, 7) is 4.39. The van der Waals surface area contributed by atoms with Crippen molar-refractivity contribution in [3.05, 3.63) is 119 Å². The molecule has 10 heteroatoms. The first-order valence-corrected chi connectivity index (χ1v) is 16.3. The first kappa shape index (κ1) is 33.3. The largest absolute Gasteiger partial charge is 0.480 e. The Balaban J connectivity index is 1.31. The zero-order chi connectivity index (χ0) is 34.8. The molecule has 10 nitrogen and oxygen atoms in total. The predicted molar refractivity (Wildman–Crippen MR) is 182 cm³/mol. The number of carbonyl (C=O) groups is 4. The highest BCUT2D eigenvalue weighted by Gasteiger charge is 2.44. The number of aliphatic carboxylic acids is 2. The monoisotopic (exact) mass is 662 g/mol. The van der Waals surface area contributed by atoms with E-state index in [2.05, 4.69) is 0 Å². The Bertz CT molecular complexity index is 1810. The summed E-state index contributed by atoms with van der Waals surface area (Å²) in [5, 5.41) is 21.7. The molecular weight excluding hydrogens is 624 g/mol. The van der Waals surface area contributed by atoms with E-state index in [0.717, 1.165) is 44.5 Å². The molecule has 252 valence electrons. The fourth-order valence-corrected chi connectivity index (χ4v) is 6.97. The average molecular weight is 663 g/mol. The molecule has 4 aromatic rings. The molecule has 0 heterocycles. The van der Waals surface area contributed by atoms with Crippen molar-refractivity contribution in [1.82, 2.24) is 10.0 Å². The van der Waals surface area contributed by atoms with Gasteiger partial charge in [-0.2, -0.15) is 10.0 Å². The van der Waals surface area contributed by atoms with Gasteiger partial charge >= 0.3 is 24.1 Å². The van der Waals surface area contributed by atoms with Crippen LogP contribution in [-0.2, 0) is 19.1 Å². The van der Waals surface area contributed by atoms with Crippen LogP contribution < -0.4 is 0 Å². The van der Waals surface area contributed by atoms with E-state index in [-0.39, 0.29) is 37.4 Å². The Morgan fingerprint density at radius 3 is 1.24 bits per heavy atom. The van der Waals surface area contributed by atoms with Gasteiger partial charge in [-0.25, -0.2) is 19.2 Å². The van der Waals surface area contributed by atoms with E-state index >= 15 is 0 Å². The lowest BCUT2D eigenvalue weighted by Gasteiger charge is -2.39. The summed E-state index contributed by atoms with van der Waals surface area (Å²) in [6, 6.07) is 27.7. The van der Waals surface area contributed by atoms with Crippen LogP contribution in [0.3, 0.4) is 0 Å². The Kier molecular flexibility index (Phi) is 9.40. The molecule has 6 rings (SSSR count). The molecule has 0 fully saturated rings. The molecule has 0 spiro atoms. The SMILES string of the molecule is CC(C)C[C@H](C(=O)O)N(C(=O)OCC1c2ccccc2-c2ccccc21)N(C(=O)OCC1c2ccccc2-c2ccccc21)[C@H](C)C(=O)O. The summed E-state index contributed by atoms with van der Waals surface area (Å²) < 4.78 is 11.6. The average Bonchev–Trinajstić information content (AvgIpc) is 3.59. The number of hydrogen-bond acceptors (Lipinski definition) is 6. The molecule has 2 amide bonds. The van der Waals surface area contributed by atoms with Gasteiger partial charge in [0.2, 0.25) is 0 Å². The number of amides is 2. The van der Waals surface area contributed by atoms with Crippen molar-refractivity contribution in [3.8, 4) is 22.3 Å². The van der Waals surface area contributed by atoms with Gasteiger partial charge in [0.15, 0.2) is 12.1 Å². The van der Waals surface area contributed by atoms with Crippen LogP contribution in [0.2, 0.25) is 0 Å². The Labute approximate surface area is 284 Å². The van der Waals surface area contributed by atoms with Gasteiger partial charge in [-0.1, -0.05) is 111 Å². The Morgan fingerprint density at radius 1 is 0.571 bits per heavy atom. The second kappa shape index (κ2) is 13.8. The molecule has 0 aromatic heterocycles. The van der Waals surface area contributed by atoms with Gasteiger partial charge in [-0.05, 0) is 63.8 Å². The maximum absolute atomic E-state index is 14.1. The summed E-state index contributed by atoms with van der Waals surface area (Å²) in [4.78, 5) is 53.3.